The molecule has 1 aromatic rings. The minimum absolute atomic E-state index is 0.0475. The van der Waals surface area contributed by atoms with Crippen LogP contribution < -0.4 is 5.06 Å². The summed E-state index contributed by atoms with van der Waals surface area (Å²) >= 11 is 1.40. The van der Waals surface area contributed by atoms with Crippen molar-refractivity contribution in [2.45, 2.75) is 13.5 Å². The highest BCUT2D eigenvalue weighted by Crippen LogP contribution is 2.31. The van der Waals surface area contributed by atoms with E-state index >= 15 is 0 Å². The fraction of sp³-hybridized carbons (Fsp3) is 0.455. The molecule has 0 aliphatic carbocycles. The van der Waals surface area contributed by atoms with E-state index < -0.39 is 6.09 Å². The zero-order chi connectivity index (χ0) is 13.1. The van der Waals surface area contributed by atoms with Crippen LogP contribution in [0.5, 0.6) is 0 Å². The third kappa shape index (κ3) is 2.32. The van der Waals surface area contributed by atoms with Gasteiger partial charge in [-0.2, -0.15) is 5.06 Å². The first-order valence-electron chi connectivity index (χ1n) is 5.52. The third-order valence-corrected chi connectivity index (χ3v) is 3.45. The Morgan fingerprint density at radius 3 is 2.94 bits per heavy atom. The Kier molecular flexibility index (Phi) is 3.83. The molecule has 0 N–H and O–H groups in total. The van der Waals surface area contributed by atoms with Crippen LogP contribution in [0.2, 0.25) is 0 Å². The molecule has 1 aliphatic rings. The summed E-state index contributed by atoms with van der Waals surface area (Å²) in [5.74, 6) is -0.285. The van der Waals surface area contributed by atoms with E-state index in [1.165, 1.54) is 28.4 Å². The molecule has 18 heavy (non-hydrogen) atoms. The number of carbonyl (C=O) groups excluding carboxylic acids is 2. The van der Waals surface area contributed by atoms with Gasteiger partial charge in [-0.05, 0) is 18.4 Å². The van der Waals surface area contributed by atoms with Gasteiger partial charge < -0.3 is 4.74 Å². The molecule has 7 heteroatoms. The molecule has 0 saturated carbocycles. The first-order valence-corrected chi connectivity index (χ1v) is 6.40. The topological polar surface area (TPSA) is 59.1 Å². The molecule has 0 fully saturated rings. The predicted molar refractivity (Wildman–Crippen MR) is 66.2 cm³/mol. The maximum absolute atomic E-state index is 12.0. The van der Waals surface area contributed by atoms with Crippen LogP contribution >= 0.6 is 11.3 Å². The van der Waals surface area contributed by atoms with Gasteiger partial charge in [0.2, 0.25) is 0 Å². The fourth-order valence-electron chi connectivity index (χ4n) is 1.76. The molecule has 0 bridgehead atoms. The van der Waals surface area contributed by atoms with Gasteiger partial charge in [0.25, 0.3) is 5.91 Å². The summed E-state index contributed by atoms with van der Waals surface area (Å²) in [6, 6.07) is 1.87. The first-order chi connectivity index (χ1) is 8.67. The van der Waals surface area contributed by atoms with Crippen LogP contribution in [0, 0.1) is 0 Å². The summed E-state index contributed by atoms with van der Waals surface area (Å²) in [4.78, 5) is 30.1. The van der Waals surface area contributed by atoms with Gasteiger partial charge in [-0.1, -0.05) is 0 Å². The van der Waals surface area contributed by atoms with Crippen molar-refractivity contribution in [3.8, 4) is 0 Å². The average molecular weight is 270 g/mol. The zero-order valence-electron chi connectivity index (χ0n) is 10.2. The van der Waals surface area contributed by atoms with Crippen molar-refractivity contribution in [3.05, 3.63) is 17.0 Å². The molecule has 6 nitrogen and oxygen atoms in total. The van der Waals surface area contributed by atoms with Crippen molar-refractivity contribution in [3.63, 3.8) is 0 Å². The van der Waals surface area contributed by atoms with Crippen LogP contribution in [0.4, 0.5) is 9.80 Å². The number of rotatable bonds is 2. The van der Waals surface area contributed by atoms with Crippen LogP contribution in [0.1, 0.15) is 12.5 Å². The molecule has 0 atom stereocenters. The smallest absolute Gasteiger partial charge is 0.410 e. The predicted octanol–water partition coefficient (Wildman–Crippen LogP) is 1.61. The monoisotopic (exact) mass is 270 g/mol. The summed E-state index contributed by atoms with van der Waals surface area (Å²) in [5.41, 5.74) is 0.876. The largest absolute Gasteiger partial charge is 0.450 e. The molecule has 98 valence electrons. The molecule has 2 amide bonds. The van der Waals surface area contributed by atoms with Crippen molar-refractivity contribution < 1.29 is 19.2 Å². The molecule has 1 aromatic heterocycles. The molecule has 0 spiro atoms. The van der Waals surface area contributed by atoms with Crippen molar-refractivity contribution in [1.29, 1.82) is 0 Å². The van der Waals surface area contributed by atoms with Gasteiger partial charge in [0.05, 0.1) is 20.3 Å². The number of anilines is 1. The average Bonchev–Trinajstić information content (AvgIpc) is 2.73. The first kappa shape index (κ1) is 12.8. The maximum atomic E-state index is 12.0. The Bertz CT molecular complexity index is 460. The molecule has 0 radical (unpaired) electrons. The minimum atomic E-state index is -0.485. The molecule has 0 unspecified atom stereocenters. The quantitative estimate of drug-likeness (QED) is 0.819. The Morgan fingerprint density at radius 1 is 1.50 bits per heavy atom. The van der Waals surface area contributed by atoms with Crippen LogP contribution in [0.15, 0.2) is 11.4 Å². The summed E-state index contributed by atoms with van der Waals surface area (Å²) < 4.78 is 4.92. The summed E-state index contributed by atoms with van der Waals surface area (Å²) in [6.45, 7) is 2.32. The van der Waals surface area contributed by atoms with Gasteiger partial charge in [-0.25, -0.2) is 4.79 Å². The Labute approximate surface area is 109 Å². The van der Waals surface area contributed by atoms with Gasteiger partial charge >= 0.3 is 6.09 Å². The second kappa shape index (κ2) is 5.36. The second-order valence-electron chi connectivity index (χ2n) is 3.68. The standard InChI is InChI=1S/C11H14N2O4S/c1-3-17-11(15)12-6-8-4-5-18-10(8)13(16-2)9(14)7-12/h4-5H,3,6-7H2,1-2H3. The van der Waals surface area contributed by atoms with E-state index in [-0.39, 0.29) is 19.1 Å². The summed E-state index contributed by atoms with van der Waals surface area (Å²) in [7, 11) is 1.43. The third-order valence-electron chi connectivity index (χ3n) is 2.53. The molecular weight excluding hydrogens is 256 g/mol. The van der Waals surface area contributed by atoms with E-state index in [0.717, 1.165) is 5.56 Å². The Hall–Kier alpha value is -1.60. The Morgan fingerprint density at radius 2 is 2.28 bits per heavy atom. The lowest BCUT2D eigenvalue weighted by Gasteiger charge is -2.19. The van der Waals surface area contributed by atoms with Gasteiger partial charge in [-0.15, -0.1) is 11.3 Å². The van der Waals surface area contributed by atoms with Crippen LogP contribution in [-0.2, 0) is 20.9 Å². The van der Waals surface area contributed by atoms with Gasteiger partial charge in [0.1, 0.15) is 11.5 Å². The summed E-state index contributed by atoms with van der Waals surface area (Å²) in [5, 5.41) is 3.80. The lowest BCUT2D eigenvalue weighted by molar-refractivity contribution is -0.125. The van der Waals surface area contributed by atoms with Crippen molar-refractivity contribution >= 4 is 28.3 Å². The SMILES string of the molecule is CCOC(=O)N1CC(=O)N(OC)c2sccc2C1. The number of carbonyl (C=O) groups is 2. The highest BCUT2D eigenvalue weighted by Gasteiger charge is 2.30. The molecular formula is C11H14N2O4S. The van der Waals surface area contributed by atoms with Gasteiger partial charge in [0.15, 0.2) is 0 Å². The molecule has 0 aromatic carbocycles. The Balaban J connectivity index is 2.27. The molecule has 2 rings (SSSR count). The number of nitrogens with zero attached hydrogens (tertiary/aromatic N) is 2. The maximum Gasteiger partial charge on any atom is 0.410 e. The van der Waals surface area contributed by atoms with E-state index in [0.29, 0.717) is 11.5 Å². The van der Waals surface area contributed by atoms with E-state index in [1.54, 1.807) is 6.92 Å². The van der Waals surface area contributed by atoms with Crippen molar-refractivity contribution in [1.82, 2.24) is 4.90 Å². The fourth-order valence-corrected chi connectivity index (χ4v) is 2.67. The number of ether oxygens (including phenoxy) is 1. The van der Waals surface area contributed by atoms with Gasteiger partial charge in [0, 0.05) is 5.56 Å². The summed E-state index contributed by atoms with van der Waals surface area (Å²) in [6.07, 6.45) is -0.485. The van der Waals surface area contributed by atoms with Crippen LogP contribution in [0.3, 0.4) is 0 Å². The van der Waals surface area contributed by atoms with Gasteiger partial charge in [-0.3, -0.25) is 14.5 Å². The highest BCUT2D eigenvalue weighted by molar-refractivity contribution is 7.14. The molecule has 2 heterocycles. The minimum Gasteiger partial charge on any atom is -0.450 e. The number of fused-ring (bicyclic) bond motifs is 1. The van der Waals surface area contributed by atoms with Crippen LogP contribution in [-0.4, -0.2) is 37.2 Å². The lowest BCUT2D eigenvalue weighted by Crippen LogP contribution is -2.39. The van der Waals surface area contributed by atoms with Crippen molar-refractivity contribution in [2.75, 3.05) is 25.3 Å². The van der Waals surface area contributed by atoms with Crippen LogP contribution in [0.25, 0.3) is 0 Å². The number of thiophene rings is 1. The van der Waals surface area contributed by atoms with E-state index in [2.05, 4.69) is 0 Å². The van der Waals surface area contributed by atoms with E-state index in [4.69, 9.17) is 9.57 Å². The number of hydroxylamine groups is 1. The lowest BCUT2D eigenvalue weighted by atomic mass is 10.3. The van der Waals surface area contributed by atoms with Crippen molar-refractivity contribution in [2.24, 2.45) is 0 Å². The highest BCUT2D eigenvalue weighted by atomic mass is 32.1. The second-order valence-corrected chi connectivity index (χ2v) is 4.57. The molecule has 1 aliphatic heterocycles. The van der Waals surface area contributed by atoms with E-state index in [1.807, 2.05) is 11.4 Å². The number of hydrogen-bond acceptors (Lipinski definition) is 5. The number of amides is 2. The number of hydrogen-bond donors (Lipinski definition) is 0. The normalized spacial score (nSPS) is 15.3. The van der Waals surface area contributed by atoms with E-state index in [9.17, 15) is 9.59 Å². The molecule has 0 saturated heterocycles. The zero-order valence-corrected chi connectivity index (χ0v) is 11.0.